The highest BCUT2D eigenvalue weighted by atomic mass is 16.7. The van der Waals surface area contributed by atoms with E-state index in [4.69, 9.17) is 14.2 Å². The summed E-state index contributed by atoms with van der Waals surface area (Å²) < 4.78 is 16.7. The van der Waals surface area contributed by atoms with Gasteiger partial charge < -0.3 is 14.2 Å². The number of hydrogen-bond acceptors (Lipinski definition) is 3. The van der Waals surface area contributed by atoms with Crippen molar-refractivity contribution >= 4 is 0 Å². The predicted octanol–water partition coefficient (Wildman–Crippen LogP) is 2.34. The average molecular weight is 214 g/mol. The molecule has 1 heterocycles. The van der Waals surface area contributed by atoms with Gasteiger partial charge in [-0.1, -0.05) is 6.92 Å². The summed E-state index contributed by atoms with van der Waals surface area (Å²) in [5.74, 6) is 0.859. The van der Waals surface area contributed by atoms with Gasteiger partial charge in [0.25, 0.3) is 0 Å². The maximum Gasteiger partial charge on any atom is 0.157 e. The lowest BCUT2D eigenvalue weighted by molar-refractivity contribution is -0.174. The van der Waals surface area contributed by atoms with E-state index in [0.717, 1.165) is 25.6 Å². The van der Waals surface area contributed by atoms with Gasteiger partial charge in [-0.05, 0) is 38.0 Å². The van der Waals surface area contributed by atoms with Crippen LogP contribution in [-0.4, -0.2) is 32.2 Å². The van der Waals surface area contributed by atoms with E-state index in [-0.39, 0.29) is 6.29 Å². The summed E-state index contributed by atoms with van der Waals surface area (Å²) in [4.78, 5) is 0. The third kappa shape index (κ3) is 3.74. The molecular weight excluding hydrogens is 192 g/mol. The Morgan fingerprint density at radius 3 is 2.60 bits per heavy atom. The highest BCUT2D eigenvalue weighted by Crippen LogP contribution is 2.28. The van der Waals surface area contributed by atoms with Crippen molar-refractivity contribution in [3.8, 4) is 0 Å². The lowest BCUT2D eigenvalue weighted by Crippen LogP contribution is -2.31. The Labute approximate surface area is 92.1 Å². The van der Waals surface area contributed by atoms with Crippen LogP contribution >= 0.6 is 0 Å². The van der Waals surface area contributed by atoms with Crippen LogP contribution in [0.3, 0.4) is 0 Å². The van der Waals surface area contributed by atoms with Crippen molar-refractivity contribution < 1.29 is 14.2 Å². The first kappa shape index (κ1) is 11.4. The zero-order valence-corrected chi connectivity index (χ0v) is 9.61. The Morgan fingerprint density at radius 2 is 1.93 bits per heavy atom. The molecule has 15 heavy (non-hydrogen) atoms. The quantitative estimate of drug-likeness (QED) is 0.657. The van der Waals surface area contributed by atoms with E-state index in [1.54, 1.807) is 0 Å². The maximum atomic E-state index is 5.66. The molecule has 0 aromatic rings. The van der Waals surface area contributed by atoms with Gasteiger partial charge in [0.15, 0.2) is 6.29 Å². The van der Waals surface area contributed by atoms with E-state index in [9.17, 15) is 0 Å². The second-order valence-corrected chi connectivity index (χ2v) is 4.74. The Hall–Kier alpha value is -0.120. The third-order valence-corrected chi connectivity index (χ3v) is 3.21. The lowest BCUT2D eigenvalue weighted by atomic mass is 9.84. The molecule has 2 rings (SSSR count). The Morgan fingerprint density at radius 1 is 1.13 bits per heavy atom. The van der Waals surface area contributed by atoms with Crippen molar-refractivity contribution in [1.29, 1.82) is 0 Å². The summed E-state index contributed by atoms with van der Waals surface area (Å²) in [6.45, 7) is 4.52. The molecule has 3 nitrogen and oxygen atoms in total. The van der Waals surface area contributed by atoms with Crippen LogP contribution < -0.4 is 0 Å². The highest BCUT2D eigenvalue weighted by molar-refractivity contribution is 4.76. The summed E-state index contributed by atoms with van der Waals surface area (Å²) in [5, 5.41) is 0. The molecule has 1 atom stereocenters. The molecular formula is C12H22O3. The van der Waals surface area contributed by atoms with E-state index < -0.39 is 0 Å². The molecule has 2 aliphatic rings. The van der Waals surface area contributed by atoms with Gasteiger partial charge in [0, 0.05) is 6.61 Å². The topological polar surface area (TPSA) is 27.7 Å². The summed E-state index contributed by atoms with van der Waals surface area (Å²) in [6, 6.07) is 0. The maximum absolute atomic E-state index is 5.66. The van der Waals surface area contributed by atoms with Gasteiger partial charge in [-0.3, -0.25) is 0 Å². The van der Waals surface area contributed by atoms with Gasteiger partial charge in [-0.25, -0.2) is 0 Å². The van der Waals surface area contributed by atoms with E-state index in [0.29, 0.717) is 12.7 Å². The molecule has 0 radical (unpaired) electrons. The molecule has 1 saturated heterocycles. The van der Waals surface area contributed by atoms with Gasteiger partial charge in [-0.2, -0.15) is 0 Å². The largest absolute Gasteiger partial charge is 0.376 e. The molecule has 2 fully saturated rings. The van der Waals surface area contributed by atoms with Crippen molar-refractivity contribution in [2.75, 3.05) is 19.8 Å². The Balaban J connectivity index is 1.44. The lowest BCUT2D eigenvalue weighted by Gasteiger charge is -2.32. The first-order valence-corrected chi connectivity index (χ1v) is 6.19. The van der Waals surface area contributed by atoms with Gasteiger partial charge in [0.1, 0.15) is 0 Å². The predicted molar refractivity (Wildman–Crippen MR) is 57.7 cm³/mol. The van der Waals surface area contributed by atoms with Gasteiger partial charge >= 0.3 is 0 Å². The van der Waals surface area contributed by atoms with Crippen LogP contribution in [0, 0.1) is 5.92 Å². The fraction of sp³-hybridized carbons (Fsp3) is 1.00. The van der Waals surface area contributed by atoms with Crippen LogP contribution in [0.15, 0.2) is 0 Å². The molecule has 0 spiro atoms. The molecule has 3 heteroatoms. The molecule has 0 N–H and O–H groups in total. The zero-order chi connectivity index (χ0) is 10.5. The fourth-order valence-corrected chi connectivity index (χ4v) is 2.20. The SMILES string of the molecule is C[C@H]1C[C@H](OCCOC2CCCCO2)C1. The third-order valence-electron chi connectivity index (χ3n) is 3.21. The first-order valence-electron chi connectivity index (χ1n) is 6.19. The van der Waals surface area contributed by atoms with Gasteiger partial charge in [0.05, 0.1) is 19.3 Å². The first-order chi connectivity index (χ1) is 7.34. The summed E-state index contributed by atoms with van der Waals surface area (Å²) in [7, 11) is 0. The van der Waals surface area contributed by atoms with Crippen LogP contribution in [0.4, 0.5) is 0 Å². The highest BCUT2D eigenvalue weighted by Gasteiger charge is 2.25. The van der Waals surface area contributed by atoms with Crippen LogP contribution in [-0.2, 0) is 14.2 Å². The summed E-state index contributed by atoms with van der Waals surface area (Å²) in [5.41, 5.74) is 0. The van der Waals surface area contributed by atoms with Crippen LogP contribution in [0.5, 0.6) is 0 Å². The van der Waals surface area contributed by atoms with Gasteiger partial charge in [0.2, 0.25) is 0 Å². The molecule has 1 aliphatic heterocycles. The number of ether oxygens (including phenoxy) is 3. The van der Waals surface area contributed by atoms with Crippen molar-refractivity contribution in [1.82, 2.24) is 0 Å². The van der Waals surface area contributed by atoms with Crippen molar-refractivity contribution in [2.24, 2.45) is 5.92 Å². The summed E-state index contributed by atoms with van der Waals surface area (Å²) >= 11 is 0. The van der Waals surface area contributed by atoms with Crippen molar-refractivity contribution in [2.45, 2.75) is 51.4 Å². The van der Waals surface area contributed by atoms with Gasteiger partial charge in [-0.15, -0.1) is 0 Å². The molecule has 88 valence electrons. The minimum Gasteiger partial charge on any atom is -0.376 e. The van der Waals surface area contributed by atoms with E-state index in [2.05, 4.69) is 6.92 Å². The molecule has 1 unspecified atom stereocenters. The van der Waals surface area contributed by atoms with Crippen LogP contribution in [0.2, 0.25) is 0 Å². The van der Waals surface area contributed by atoms with E-state index >= 15 is 0 Å². The minimum absolute atomic E-state index is 0.0302. The standard InChI is InChI=1S/C12H22O3/c1-10-8-11(9-10)13-6-7-15-12-4-2-3-5-14-12/h10-12H,2-9H2,1H3/t10-,11-,12?. The van der Waals surface area contributed by atoms with Crippen molar-refractivity contribution in [3.63, 3.8) is 0 Å². The van der Waals surface area contributed by atoms with Crippen molar-refractivity contribution in [3.05, 3.63) is 0 Å². The fourth-order valence-electron chi connectivity index (χ4n) is 2.20. The molecule has 1 aliphatic carbocycles. The number of rotatable bonds is 5. The minimum atomic E-state index is 0.0302. The molecule has 0 aromatic carbocycles. The van der Waals surface area contributed by atoms with E-state index in [1.165, 1.54) is 25.7 Å². The molecule has 1 saturated carbocycles. The monoisotopic (exact) mass is 214 g/mol. The number of hydrogen-bond donors (Lipinski definition) is 0. The van der Waals surface area contributed by atoms with Crippen LogP contribution in [0.1, 0.15) is 39.0 Å². The average Bonchev–Trinajstić information content (AvgIpc) is 2.23. The smallest absolute Gasteiger partial charge is 0.157 e. The molecule has 0 bridgehead atoms. The Bertz CT molecular complexity index is 172. The molecule has 0 amide bonds. The zero-order valence-electron chi connectivity index (χ0n) is 9.61. The van der Waals surface area contributed by atoms with Crippen LogP contribution in [0.25, 0.3) is 0 Å². The second kappa shape index (κ2) is 5.83. The second-order valence-electron chi connectivity index (χ2n) is 4.74. The van der Waals surface area contributed by atoms with E-state index in [1.807, 2.05) is 0 Å². The Kier molecular flexibility index (Phi) is 4.42. The normalized spacial score (nSPS) is 36.2. The molecule has 0 aromatic heterocycles. The summed E-state index contributed by atoms with van der Waals surface area (Å²) in [6.07, 6.45) is 6.42.